The van der Waals surface area contributed by atoms with Gasteiger partial charge in [-0.2, -0.15) is 5.26 Å². The van der Waals surface area contributed by atoms with Crippen LogP contribution in [0.4, 0.5) is 0 Å². The number of hydrogen-bond donors (Lipinski definition) is 0. The molecule has 6 nitrogen and oxygen atoms in total. The monoisotopic (exact) mass is 504 g/mol. The zero-order chi connectivity index (χ0) is 26.3. The Hall–Kier alpha value is -3.98. The van der Waals surface area contributed by atoms with Crippen LogP contribution in [0.2, 0.25) is 0 Å². The first kappa shape index (κ1) is 24.4. The van der Waals surface area contributed by atoms with Crippen molar-refractivity contribution >= 4 is 11.8 Å². The van der Waals surface area contributed by atoms with Crippen molar-refractivity contribution in [1.29, 1.82) is 5.26 Å². The third kappa shape index (κ3) is 4.16. The van der Waals surface area contributed by atoms with Crippen molar-refractivity contribution in [2.75, 3.05) is 26.2 Å². The lowest BCUT2D eigenvalue weighted by Gasteiger charge is -2.54. The van der Waals surface area contributed by atoms with Gasteiger partial charge in [0.2, 0.25) is 0 Å². The molecule has 7 rings (SSSR count). The van der Waals surface area contributed by atoms with Crippen LogP contribution in [0.1, 0.15) is 62.7 Å². The average Bonchev–Trinajstić information content (AvgIpc) is 2.98. The zero-order valence-electron chi connectivity index (χ0n) is 21.7. The molecular weight excluding hydrogens is 472 g/mol. The van der Waals surface area contributed by atoms with E-state index in [2.05, 4.69) is 35.3 Å². The first-order valence-corrected chi connectivity index (χ1v) is 13.6. The molecule has 192 valence electrons. The number of rotatable bonds is 4. The molecule has 1 saturated carbocycles. The number of likely N-dealkylation sites (tertiary alicyclic amines) is 1. The van der Waals surface area contributed by atoms with E-state index in [-0.39, 0.29) is 11.8 Å². The lowest BCUT2D eigenvalue weighted by atomic mass is 9.59. The van der Waals surface area contributed by atoms with Gasteiger partial charge in [0.1, 0.15) is 5.69 Å². The molecule has 6 heteroatoms. The molecular formula is C32H32N4O2. The molecule has 2 bridgehead atoms. The molecule has 0 spiro atoms. The van der Waals surface area contributed by atoms with E-state index in [4.69, 9.17) is 0 Å². The smallest absolute Gasteiger partial charge is 0.272 e. The van der Waals surface area contributed by atoms with Crippen LogP contribution in [-0.2, 0) is 5.41 Å². The topological polar surface area (TPSA) is 77.3 Å². The standard InChI is InChI=1S/C32H32N4O2/c1-22-18-34-28(31(38)35-14-12-32(21-33,13-15-35)26-10-6-3-7-11-26)17-27(22)30(37)36-19-24-16-25(20-36)29(24)23-8-4-2-5-9-23/h2-11,17-18,24-25,29H,12-16,19-20H2,1H3. The lowest BCUT2D eigenvalue weighted by molar-refractivity contribution is 0.00310. The number of carbonyl (C=O) groups excluding carboxylic acids is 2. The number of piperidine rings is 3. The number of benzene rings is 2. The average molecular weight is 505 g/mol. The van der Waals surface area contributed by atoms with Crippen LogP contribution in [0.15, 0.2) is 72.9 Å². The molecule has 3 aliphatic heterocycles. The molecule has 1 aliphatic carbocycles. The van der Waals surface area contributed by atoms with E-state index in [0.717, 1.165) is 24.2 Å². The number of amides is 2. The Labute approximate surface area is 223 Å². The van der Waals surface area contributed by atoms with Crippen LogP contribution in [0.3, 0.4) is 0 Å². The summed E-state index contributed by atoms with van der Waals surface area (Å²) in [5.41, 5.74) is 3.46. The number of pyridine rings is 1. The van der Waals surface area contributed by atoms with Gasteiger partial charge >= 0.3 is 0 Å². The Kier molecular flexibility index (Phi) is 6.23. The number of nitriles is 1. The molecule has 2 unspecified atom stereocenters. The summed E-state index contributed by atoms with van der Waals surface area (Å²) in [5, 5.41) is 9.98. The summed E-state index contributed by atoms with van der Waals surface area (Å²) in [4.78, 5) is 35.2. The number of fused-ring (bicyclic) bond motifs is 2. The Balaban J connectivity index is 1.14. The third-order valence-corrected chi connectivity index (χ3v) is 9.00. The van der Waals surface area contributed by atoms with Gasteiger partial charge in [-0.15, -0.1) is 0 Å². The Morgan fingerprint density at radius 2 is 1.55 bits per heavy atom. The molecule has 38 heavy (non-hydrogen) atoms. The van der Waals surface area contributed by atoms with Crippen molar-refractivity contribution in [1.82, 2.24) is 14.8 Å². The SMILES string of the molecule is Cc1cnc(C(=O)N2CCC(C#N)(c3ccccc3)CC2)cc1C(=O)N1CC2CC(C1)C2c1ccccc1. The summed E-state index contributed by atoms with van der Waals surface area (Å²) >= 11 is 0. The highest BCUT2D eigenvalue weighted by molar-refractivity contribution is 5.99. The second-order valence-electron chi connectivity index (χ2n) is 11.1. The van der Waals surface area contributed by atoms with Gasteiger partial charge in [-0.3, -0.25) is 14.6 Å². The molecule has 4 heterocycles. The molecule has 2 amide bonds. The van der Waals surface area contributed by atoms with Crippen LogP contribution >= 0.6 is 0 Å². The molecule has 4 fully saturated rings. The van der Waals surface area contributed by atoms with Gasteiger partial charge in [0, 0.05) is 37.9 Å². The molecule has 0 N–H and O–H groups in total. The predicted molar refractivity (Wildman–Crippen MR) is 145 cm³/mol. The van der Waals surface area contributed by atoms with Gasteiger partial charge in [0.15, 0.2) is 0 Å². The molecule has 0 radical (unpaired) electrons. The summed E-state index contributed by atoms with van der Waals surface area (Å²) in [6.45, 7) is 4.35. The second kappa shape index (κ2) is 9.72. The number of nitrogens with zero attached hydrogens (tertiary/aromatic N) is 4. The quantitative estimate of drug-likeness (QED) is 0.503. The van der Waals surface area contributed by atoms with Crippen molar-refractivity contribution in [2.45, 2.75) is 37.5 Å². The van der Waals surface area contributed by atoms with E-state index in [1.807, 2.05) is 48.2 Å². The molecule has 3 saturated heterocycles. The molecule has 4 aliphatic rings. The minimum atomic E-state index is -0.577. The maximum absolute atomic E-state index is 13.6. The van der Waals surface area contributed by atoms with Crippen LogP contribution in [0.5, 0.6) is 0 Å². The number of hydrogen-bond acceptors (Lipinski definition) is 4. The number of carbonyl (C=O) groups is 2. The fourth-order valence-electron chi connectivity index (χ4n) is 6.79. The van der Waals surface area contributed by atoms with Crippen molar-refractivity contribution in [2.24, 2.45) is 11.8 Å². The van der Waals surface area contributed by atoms with Gasteiger partial charge in [0.05, 0.1) is 11.5 Å². The normalized spacial score (nSPS) is 23.7. The van der Waals surface area contributed by atoms with Crippen LogP contribution < -0.4 is 0 Å². The second-order valence-corrected chi connectivity index (χ2v) is 11.1. The van der Waals surface area contributed by atoms with Crippen molar-refractivity contribution in [3.05, 3.63) is 101 Å². The highest BCUT2D eigenvalue weighted by Gasteiger charge is 2.48. The highest BCUT2D eigenvalue weighted by atomic mass is 16.2. The van der Waals surface area contributed by atoms with E-state index in [9.17, 15) is 14.9 Å². The largest absolute Gasteiger partial charge is 0.338 e. The maximum atomic E-state index is 13.6. The minimum absolute atomic E-state index is 0.00798. The lowest BCUT2D eigenvalue weighted by Crippen LogP contribution is -2.55. The van der Waals surface area contributed by atoms with Gasteiger partial charge in [-0.1, -0.05) is 60.7 Å². The molecule has 2 atom stereocenters. The van der Waals surface area contributed by atoms with E-state index >= 15 is 0 Å². The summed E-state index contributed by atoms with van der Waals surface area (Å²) in [6, 6.07) is 24.7. The van der Waals surface area contributed by atoms with Crippen molar-refractivity contribution < 1.29 is 9.59 Å². The van der Waals surface area contributed by atoms with Crippen molar-refractivity contribution in [3.8, 4) is 6.07 Å². The van der Waals surface area contributed by atoms with E-state index < -0.39 is 5.41 Å². The van der Waals surface area contributed by atoms with Gasteiger partial charge in [-0.25, -0.2) is 0 Å². The summed E-state index contributed by atoms with van der Waals surface area (Å²) < 4.78 is 0. The maximum Gasteiger partial charge on any atom is 0.272 e. The number of aromatic nitrogens is 1. The Bertz CT molecular complexity index is 1380. The van der Waals surface area contributed by atoms with E-state index in [1.54, 1.807) is 17.2 Å². The van der Waals surface area contributed by atoms with Crippen LogP contribution in [-0.4, -0.2) is 52.8 Å². The third-order valence-electron chi connectivity index (χ3n) is 9.00. The summed E-state index contributed by atoms with van der Waals surface area (Å²) in [6.07, 6.45) is 3.97. The number of aryl methyl sites for hydroxylation is 1. The predicted octanol–water partition coefficient (Wildman–Crippen LogP) is 4.96. The first-order valence-electron chi connectivity index (χ1n) is 13.6. The molecule has 1 aromatic heterocycles. The van der Waals surface area contributed by atoms with Gasteiger partial charge in [-0.05, 0) is 66.7 Å². The van der Waals surface area contributed by atoms with E-state index in [1.165, 1.54) is 12.0 Å². The minimum Gasteiger partial charge on any atom is -0.338 e. The Morgan fingerprint density at radius 3 is 2.18 bits per heavy atom. The summed E-state index contributed by atoms with van der Waals surface area (Å²) in [7, 11) is 0. The molecule has 3 aromatic rings. The summed E-state index contributed by atoms with van der Waals surface area (Å²) in [5.74, 6) is 1.32. The van der Waals surface area contributed by atoms with Crippen LogP contribution in [0.25, 0.3) is 0 Å². The first-order chi connectivity index (χ1) is 18.5. The van der Waals surface area contributed by atoms with E-state index in [0.29, 0.717) is 54.9 Å². The van der Waals surface area contributed by atoms with Gasteiger partial charge < -0.3 is 9.80 Å². The fraction of sp³-hybridized carbons (Fsp3) is 0.375. The molecule has 2 aromatic carbocycles. The fourth-order valence-corrected chi connectivity index (χ4v) is 6.79. The highest BCUT2D eigenvalue weighted by Crippen LogP contribution is 2.51. The zero-order valence-corrected chi connectivity index (χ0v) is 21.7. The van der Waals surface area contributed by atoms with Crippen molar-refractivity contribution in [3.63, 3.8) is 0 Å². The van der Waals surface area contributed by atoms with Crippen LogP contribution in [0, 0.1) is 30.1 Å². The van der Waals surface area contributed by atoms with Gasteiger partial charge in [0.25, 0.3) is 11.8 Å². The Morgan fingerprint density at radius 1 is 0.921 bits per heavy atom.